The Morgan fingerprint density at radius 2 is 1.32 bits per heavy atom. The number of carbonyl (C=O) groups excluding carboxylic acids is 1. The van der Waals surface area contributed by atoms with Crippen LogP contribution in [0.3, 0.4) is 0 Å². The van der Waals surface area contributed by atoms with Crippen molar-refractivity contribution < 1.29 is 21.6 Å². The summed E-state index contributed by atoms with van der Waals surface area (Å²) in [5, 5.41) is 2.61. The molecule has 0 fully saturated rings. The highest BCUT2D eigenvalue weighted by Gasteiger charge is 2.17. The summed E-state index contributed by atoms with van der Waals surface area (Å²) in [6.07, 6.45) is 7.33. The van der Waals surface area contributed by atoms with Crippen LogP contribution in [0, 0.1) is 12.3 Å². The average Bonchev–Trinajstić information content (AvgIpc) is 2.84. The monoisotopic (exact) mass is 549 g/mol. The van der Waals surface area contributed by atoms with Crippen LogP contribution in [0.2, 0.25) is 0 Å². The van der Waals surface area contributed by atoms with Crippen LogP contribution in [-0.2, 0) is 20.0 Å². The number of nitrogens with one attached hydrogen (secondary N) is 3. The van der Waals surface area contributed by atoms with Gasteiger partial charge in [-0.1, -0.05) is 30.2 Å². The first kappa shape index (κ1) is 26.6. The Labute approximate surface area is 220 Å². The number of hydrogen-bond acceptors (Lipinski definition) is 7. The van der Waals surface area contributed by atoms with Crippen LogP contribution >= 0.6 is 0 Å². The van der Waals surface area contributed by atoms with Gasteiger partial charge in [0.25, 0.3) is 5.91 Å². The number of anilines is 2. The summed E-state index contributed by atoms with van der Waals surface area (Å²) in [5.74, 6) is 1.99. The zero-order valence-corrected chi connectivity index (χ0v) is 22.0. The fourth-order valence-electron chi connectivity index (χ4n) is 3.72. The maximum absolute atomic E-state index is 12.4. The van der Waals surface area contributed by atoms with E-state index in [0.29, 0.717) is 50.5 Å². The second kappa shape index (κ2) is 10.5. The highest BCUT2D eigenvalue weighted by Crippen LogP contribution is 2.33. The van der Waals surface area contributed by atoms with Crippen LogP contribution in [-0.4, -0.2) is 51.8 Å². The molecule has 1 amide bonds. The molecule has 38 heavy (non-hydrogen) atoms. The van der Waals surface area contributed by atoms with Gasteiger partial charge < -0.3 is 5.32 Å². The molecule has 3 aromatic carbocycles. The summed E-state index contributed by atoms with van der Waals surface area (Å²) in [4.78, 5) is 22.0. The van der Waals surface area contributed by atoms with Crippen LogP contribution < -0.4 is 14.8 Å². The lowest BCUT2D eigenvalue weighted by Crippen LogP contribution is -2.23. The van der Waals surface area contributed by atoms with E-state index < -0.39 is 20.0 Å². The number of terminal acetylenes is 1. The maximum Gasteiger partial charge on any atom is 0.252 e. The molecule has 0 saturated carbocycles. The van der Waals surface area contributed by atoms with Crippen molar-refractivity contribution in [2.75, 3.05) is 28.5 Å². The van der Waals surface area contributed by atoms with Crippen molar-refractivity contribution in [3.8, 4) is 34.9 Å². The number of fused-ring (bicyclic) bond motifs is 1. The summed E-state index contributed by atoms with van der Waals surface area (Å²) in [6.45, 7) is 0.0741. The minimum Gasteiger partial charge on any atom is -0.341 e. The third-order valence-electron chi connectivity index (χ3n) is 5.16. The summed E-state index contributed by atoms with van der Waals surface area (Å²) in [5.41, 5.74) is 3.86. The van der Waals surface area contributed by atoms with Gasteiger partial charge in [0, 0.05) is 28.1 Å². The molecule has 0 spiro atoms. The first-order valence-corrected chi connectivity index (χ1v) is 14.9. The summed E-state index contributed by atoms with van der Waals surface area (Å²) < 4.78 is 52.0. The van der Waals surface area contributed by atoms with Crippen molar-refractivity contribution in [3.05, 3.63) is 72.3 Å². The van der Waals surface area contributed by atoms with E-state index in [9.17, 15) is 21.6 Å². The van der Waals surface area contributed by atoms with Gasteiger partial charge in [0.2, 0.25) is 20.0 Å². The molecule has 12 heteroatoms. The molecular formula is C26H23N5O5S2. The summed E-state index contributed by atoms with van der Waals surface area (Å²) in [7, 11) is -7.05. The van der Waals surface area contributed by atoms with E-state index in [1.165, 1.54) is 0 Å². The molecule has 0 saturated heterocycles. The molecule has 3 N–H and O–H groups in total. The Morgan fingerprint density at radius 3 is 1.82 bits per heavy atom. The average molecular weight is 550 g/mol. The summed E-state index contributed by atoms with van der Waals surface area (Å²) in [6, 6.07) is 18.1. The van der Waals surface area contributed by atoms with Gasteiger partial charge in [0.1, 0.15) is 0 Å². The molecule has 0 aliphatic carbocycles. The van der Waals surface area contributed by atoms with E-state index in [1.54, 1.807) is 66.7 Å². The third kappa shape index (κ3) is 6.64. The predicted molar refractivity (Wildman–Crippen MR) is 149 cm³/mol. The molecule has 4 rings (SSSR count). The molecular weight excluding hydrogens is 526 g/mol. The molecule has 1 heterocycles. The Bertz CT molecular complexity index is 1810. The maximum atomic E-state index is 12.4. The number of carbonyl (C=O) groups is 1. The molecule has 0 bridgehead atoms. The first-order valence-electron chi connectivity index (χ1n) is 11.1. The number of amides is 1. The van der Waals surface area contributed by atoms with E-state index in [2.05, 4.69) is 20.7 Å². The standard InChI is InChI=1S/C26H23N5O5S2/c1-4-13-27-26(32)19-11-12-22-23(16-19)29-25(18-8-6-10-21(15-18)31-38(3,35)36)24(28-22)17-7-5-9-20(14-17)30-37(2,33)34/h1,5-12,14-16,30-31H,13H2,2-3H3,(H,27,32). The number of nitrogens with zero attached hydrogens (tertiary/aromatic N) is 2. The van der Waals surface area contributed by atoms with Gasteiger partial charge in [0.15, 0.2) is 0 Å². The number of benzene rings is 3. The van der Waals surface area contributed by atoms with E-state index in [1.807, 2.05) is 0 Å². The lowest BCUT2D eigenvalue weighted by molar-refractivity contribution is 0.0958. The Kier molecular flexibility index (Phi) is 7.34. The number of sulfonamides is 2. The molecule has 0 radical (unpaired) electrons. The number of aromatic nitrogens is 2. The zero-order valence-electron chi connectivity index (χ0n) is 20.4. The van der Waals surface area contributed by atoms with Gasteiger partial charge >= 0.3 is 0 Å². The van der Waals surface area contributed by atoms with Gasteiger partial charge in [-0.15, -0.1) is 6.42 Å². The van der Waals surface area contributed by atoms with Crippen LogP contribution in [0.1, 0.15) is 10.4 Å². The van der Waals surface area contributed by atoms with Gasteiger partial charge in [-0.3, -0.25) is 14.2 Å². The van der Waals surface area contributed by atoms with Crippen molar-refractivity contribution in [1.29, 1.82) is 0 Å². The van der Waals surface area contributed by atoms with Crippen molar-refractivity contribution >= 4 is 48.4 Å². The van der Waals surface area contributed by atoms with E-state index in [4.69, 9.17) is 16.4 Å². The number of hydrogen-bond donors (Lipinski definition) is 3. The zero-order chi connectivity index (χ0) is 27.5. The first-order chi connectivity index (χ1) is 17.9. The van der Waals surface area contributed by atoms with Gasteiger partial charge in [-0.25, -0.2) is 26.8 Å². The van der Waals surface area contributed by atoms with Crippen LogP contribution in [0.4, 0.5) is 11.4 Å². The quantitative estimate of drug-likeness (QED) is 0.286. The van der Waals surface area contributed by atoms with Gasteiger partial charge in [0.05, 0.1) is 41.5 Å². The van der Waals surface area contributed by atoms with E-state index in [-0.39, 0.29) is 12.5 Å². The minimum atomic E-state index is -3.53. The second-order valence-corrected chi connectivity index (χ2v) is 11.9. The normalized spacial score (nSPS) is 11.5. The molecule has 0 atom stereocenters. The lowest BCUT2D eigenvalue weighted by atomic mass is 10.0. The smallest absolute Gasteiger partial charge is 0.252 e. The molecule has 10 nitrogen and oxygen atoms in total. The SMILES string of the molecule is C#CCNC(=O)c1ccc2nc(-c3cccc(NS(C)(=O)=O)c3)c(-c3cccc(NS(C)(=O)=O)c3)nc2c1. The second-order valence-electron chi connectivity index (χ2n) is 8.42. The summed E-state index contributed by atoms with van der Waals surface area (Å²) >= 11 is 0. The van der Waals surface area contributed by atoms with Crippen molar-refractivity contribution in [2.24, 2.45) is 0 Å². The van der Waals surface area contributed by atoms with Gasteiger partial charge in [-0.05, 0) is 42.5 Å². The Balaban J connectivity index is 1.92. The van der Waals surface area contributed by atoms with Crippen LogP contribution in [0.5, 0.6) is 0 Å². The molecule has 0 unspecified atom stereocenters. The topological polar surface area (TPSA) is 147 Å². The number of rotatable bonds is 8. The Morgan fingerprint density at radius 1 is 0.789 bits per heavy atom. The molecule has 0 aliphatic heterocycles. The molecule has 1 aromatic heterocycles. The Hall–Kier alpha value is -4.47. The third-order valence-corrected chi connectivity index (χ3v) is 6.37. The van der Waals surface area contributed by atoms with E-state index in [0.717, 1.165) is 12.5 Å². The van der Waals surface area contributed by atoms with Crippen LogP contribution in [0.15, 0.2) is 66.7 Å². The van der Waals surface area contributed by atoms with Gasteiger partial charge in [-0.2, -0.15) is 0 Å². The molecule has 0 aliphatic rings. The van der Waals surface area contributed by atoms with Crippen molar-refractivity contribution in [3.63, 3.8) is 0 Å². The van der Waals surface area contributed by atoms with E-state index >= 15 is 0 Å². The van der Waals surface area contributed by atoms with Crippen molar-refractivity contribution in [1.82, 2.24) is 15.3 Å². The minimum absolute atomic E-state index is 0.0741. The molecule has 4 aromatic rings. The fraction of sp³-hybridized carbons (Fsp3) is 0.115. The predicted octanol–water partition coefficient (Wildman–Crippen LogP) is 3.07. The van der Waals surface area contributed by atoms with Crippen molar-refractivity contribution in [2.45, 2.75) is 0 Å². The largest absolute Gasteiger partial charge is 0.341 e. The van der Waals surface area contributed by atoms with Crippen LogP contribution in [0.25, 0.3) is 33.5 Å². The highest BCUT2D eigenvalue weighted by molar-refractivity contribution is 7.92. The highest BCUT2D eigenvalue weighted by atomic mass is 32.2. The lowest BCUT2D eigenvalue weighted by Gasteiger charge is -2.13. The molecule has 194 valence electrons. The fourth-order valence-corrected chi connectivity index (χ4v) is 4.83.